The maximum atomic E-state index is 12.9. The second kappa shape index (κ2) is 7.74. The average molecular weight is 406 g/mol. The predicted octanol–water partition coefficient (Wildman–Crippen LogP) is 3.88. The van der Waals surface area contributed by atoms with Crippen LogP contribution in [-0.2, 0) is 24.3 Å². The first-order valence-corrected chi connectivity index (χ1v) is 10.6. The van der Waals surface area contributed by atoms with Gasteiger partial charge in [-0.25, -0.2) is 0 Å². The summed E-state index contributed by atoms with van der Waals surface area (Å²) in [4.78, 5) is 12.9. The Kier molecular flexibility index (Phi) is 5.26. The molecule has 0 fully saturated rings. The zero-order valence-corrected chi connectivity index (χ0v) is 18.6. The minimum atomic E-state index is -0.0289. The van der Waals surface area contributed by atoms with Crippen molar-refractivity contribution in [2.45, 2.75) is 66.6 Å². The van der Waals surface area contributed by atoms with Gasteiger partial charge < -0.3 is 5.32 Å². The van der Waals surface area contributed by atoms with Crippen LogP contribution in [0.3, 0.4) is 0 Å². The van der Waals surface area contributed by atoms with Gasteiger partial charge >= 0.3 is 0 Å². The molecule has 0 spiro atoms. The first kappa shape index (κ1) is 20.4. The molecule has 0 saturated carbocycles. The Balaban J connectivity index is 1.55. The average Bonchev–Trinajstić information content (AvgIpc) is 3.18. The van der Waals surface area contributed by atoms with E-state index in [-0.39, 0.29) is 23.9 Å². The maximum absolute atomic E-state index is 12.9. The Morgan fingerprint density at radius 3 is 2.57 bits per heavy atom. The van der Waals surface area contributed by atoms with E-state index < -0.39 is 0 Å². The fraction of sp³-hybridized carbons (Fsp3) is 0.458. The summed E-state index contributed by atoms with van der Waals surface area (Å²) in [7, 11) is 0. The van der Waals surface area contributed by atoms with Crippen LogP contribution in [0, 0.1) is 26.2 Å². The normalized spacial score (nSPS) is 17.6. The van der Waals surface area contributed by atoms with Crippen molar-refractivity contribution in [2.24, 2.45) is 5.41 Å². The Morgan fingerprint density at radius 1 is 1.17 bits per heavy atom. The van der Waals surface area contributed by atoms with Crippen molar-refractivity contribution >= 4 is 5.91 Å². The Bertz CT molecular complexity index is 1060. The predicted molar refractivity (Wildman–Crippen MR) is 117 cm³/mol. The van der Waals surface area contributed by atoms with Crippen LogP contribution in [0.15, 0.2) is 36.5 Å². The zero-order chi connectivity index (χ0) is 21.5. The lowest BCUT2D eigenvalue weighted by molar-refractivity contribution is -0.122. The fourth-order valence-corrected chi connectivity index (χ4v) is 4.44. The number of hydrogen-bond acceptors (Lipinski definition) is 3. The second-order valence-corrected chi connectivity index (χ2v) is 9.31. The summed E-state index contributed by atoms with van der Waals surface area (Å²) in [5.41, 5.74) is 6.85. The van der Waals surface area contributed by atoms with Crippen LogP contribution in [0.5, 0.6) is 0 Å². The van der Waals surface area contributed by atoms with Crippen molar-refractivity contribution in [1.29, 1.82) is 0 Å². The van der Waals surface area contributed by atoms with Crippen molar-refractivity contribution in [1.82, 2.24) is 24.9 Å². The molecule has 1 unspecified atom stereocenters. The van der Waals surface area contributed by atoms with E-state index in [9.17, 15) is 4.79 Å². The minimum absolute atomic E-state index is 0.00920. The van der Waals surface area contributed by atoms with Crippen molar-refractivity contribution in [3.05, 3.63) is 70.3 Å². The van der Waals surface area contributed by atoms with Crippen LogP contribution in [0.2, 0.25) is 0 Å². The molecule has 0 bridgehead atoms. The molecule has 1 atom stereocenters. The van der Waals surface area contributed by atoms with Gasteiger partial charge in [0.2, 0.25) is 5.91 Å². The third-order valence-electron chi connectivity index (χ3n) is 6.31. The van der Waals surface area contributed by atoms with E-state index in [1.165, 1.54) is 11.3 Å². The molecule has 1 aromatic carbocycles. The van der Waals surface area contributed by atoms with Crippen LogP contribution in [0.1, 0.15) is 60.1 Å². The van der Waals surface area contributed by atoms with Gasteiger partial charge in [0.1, 0.15) is 6.54 Å². The lowest BCUT2D eigenvalue weighted by Gasteiger charge is -2.36. The number of nitrogens with zero attached hydrogens (tertiary/aromatic N) is 4. The van der Waals surface area contributed by atoms with Crippen LogP contribution in [0.4, 0.5) is 0 Å². The third kappa shape index (κ3) is 4.04. The first-order valence-electron chi connectivity index (χ1n) is 10.6. The van der Waals surface area contributed by atoms with E-state index in [4.69, 9.17) is 0 Å². The van der Waals surface area contributed by atoms with E-state index in [1.807, 2.05) is 33.0 Å². The zero-order valence-electron chi connectivity index (χ0n) is 18.6. The highest BCUT2D eigenvalue weighted by atomic mass is 16.2. The van der Waals surface area contributed by atoms with Gasteiger partial charge in [-0.15, -0.1) is 0 Å². The minimum Gasteiger partial charge on any atom is -0.348 e. The summed E-state index contributed by atoms with van der Waals surface area (Å²) in [6.07, 6.45) is 3.79. The van der Waals surface area contributed by atoms with Crippen LogP contribution >= 0.6 is 0 Å². The van der Waals surface area contributed by atoms with Gasteiger partial charge in [0.15, 0.2) is 0 Å². The summed E-state index contributed by atoms with van der Waals surface area (Å²) in [6.45, 7) is 11.6. The molecular weight excluding hydrogens is 374 g/mol. The highest BCUT2D eigenvalue weighted by Gasteiger charge is 2.35. The fourth-order valence-electron chi connectivity index (χ4n) is 4.44. The summed E-state index contributed by atoms with van der Waals surface area (Å²) < 4.78 is 3.89. The lowest BCUT2D eigenvalue weighted by atomic mass is 9.74. The summed E-state index contributed by atoms with van der Waals surface area (Å²) >= 11 is 0. The van der Waals surface area contributed by atoms with E-state index in [0.29, 0.717) is 0 Å². The highest BCUT2D eigenvalue weighted by Crippen LogP contribution is 2.40. The largest absolute Gasteiger partial charge is 0.348 e. The third-order valence-corrected chi connectivity index (χ3v) is 6.31. The van der Waals surface area contributed by atoms with Gasteiger partial charge in [-0.1, -0.05) is 44.2 Å². The Hall–Kier alpha value is -2.89. The van der Waals surface area contributed by atoms with Crippen LogP contribution in [-0.4, -0.2) is 25.5 Å². The number of fused-ring (bicyclic) bond motifs is 1. The molecule has 0 radical (unpaired) electrons. The molecule has 1 aliphatic rings. The van der Waals surface area contributed by atoms with Crippen molar-refractivity contribution in [3.63, 3.8) is 0 Å². The molecule has 2 aromatic heterocycles. The Morgan fingerprint density at radius 2 is 1.90 bits per heavy atom. The number of rotatable bonds is 5. The van der Waals surface area contributed by atoms with Gasteiger partial charge in [-0.3, -0.25) is 14.2 Å². The topological polar surface area (TPSA) is 64.7 Å². The second-order valence-electron chi connectivity index (χ2n) is 9.31. The molecule has 4 rings (SSSR count). The Labute approximate surface area is 178 Å². The molecule has 0 aliphatic heterocycles. The van der Waals surface area contributed by atoms with Crippen molar-refractivity contribution in [2.75, 3.05) is 0 Å². The first-order chi connectivity index (χ1) is 14.2. The van der Waals surface area contributed by atoms with Gasteiger partial charge in [0.05, 0.1) is 24.5 Å². The summed E-state index contributed by atoms with van der Waals surface area (Å²) in [6, 6.07) is 10.4. The van der Waals surface area contributed by atoms with Gasteiger partial charge in [0.25, 0.3) is 0 Å². The molecule has 1 amide bonds. The van der Waals surface area contributed by atoms with Crippen molar-refractivity contribution < 1.29 is 4.79 Å². The number of hydrogen-bond donors (Lipinski definition) is 1. The van der Waals surface area contributed by atoms with Gasteiger partial charge in [0, 0.05) is 17.0 Å². The number of benzene rings is 1. The standard InChI is InChI=1S/C24H31N5O/c1-16-17(2)27-28(18(16)3)15-23(30)26-21-11-24(4,5)12-22-20(21)13-25-29(22)14-19-9-7-6-8-10-19/h6-10,13,21H,11-12,14-15H2,1-5H3,(H,26,30). The van der Waals surface area contributed by atoms with E-state index in [2.05, 4.69) is 58.3 Å². The molecule has 1 aliphatic carbocycles. The smallest absolute Gasteiger partial charge is 0.242 e. The SMILES string of the molecule is Cc1nn(CC(=O)NC2CC(C)(C)Cc3c2cnn3Cc2ccccc2)c(C)c1C. The van der Waals surface area contributed by atoms with Crippen LogP contribution < -0.4 is 5.32 Å². The lowest BCUT2D eigenvalue weighted by Crippen LogP contribution is -2.38. The molecule has 0 saturated heterocycles. The van der Waals surface area contributed by atoms with Crippen LogP contribution in [0.25, 0.3) is 0 Å². The van der Waals surface area contributed by atoms with Gasteiger partial charge in [-0.05, 0) is 50.2 Å². The molecule has 1 N–H and O–H groups in total. The molecule has 6 heteroatoms. The number of aromatic nitrogens is 4. The van der Waals surface area contributed by atoms with Gasteiger partial charge in [-0.2, -0.15) is 10.2 Å². The number of amides is 1. The number of carbonyl (C=O) groups is 1. The number of nitrogens with one attached hydrogen (secondary N) is 1. The summed E-state index contributed by atoms with van der Waals surface area (Å²) in [5, 5.41) is 12.4. The molecule has 158 valence electrons. The van der Waals surface area contributed by atoms with Crippen molar-refractivity contribution in [3.8, 4) is 0 Å². The number of carbonyl (C=O) groups excluding carboxylic acids is 1. The summed E-state index contributed by atoms with van der Waals surface area (Å²) in [5.74, 6) is -0.00920. The monoisotopic (exact) mass is 405 g/mol. The number of aryl methyl sites for hydroxylation is 1. The van der Waals surface area contributed by atoms with E-state index in [1.54, 1.807) is 4.68 Å². The maximum Gasteiger partial charge on any atom is 0.242 e. The highest BCUT2D eigenvalue weighted by molar-refractivity contribution is 5.76. The molecule has 3 aromatic rings. The molecular formula is C24H31N5O. The van der Waals surface area contributed by atoms with E-state index in [0.717, 1.165) is 41.9 Å². The molecule has 2 heterocycles. The molecule has 6 nitrogen and oxygen atoms in total. The van der Waals surface area contributed by atoms with E-state index >= 15 is 0 Å². The molecule has 30 heavy (non-hydrogen) atoms. The quantitative estimate of drug-likeness (QED) is 0.701.